The van der Waals surface area contributed by atoms with E-state index in [2.05, 4.69) is 15.2 Å². The van der Waals surface area contributed by atoms with Crippen LogP contribution in [0.5, 0.6) is 0 Å². The van der Waals surface area contributed by atoms with Crippen molar-refractivity contribution in [1.82, 2.24) is 15.4 Å². The molecule has 1 fully saturated rings. The van der Waals surface area contributed by atoms with Gasteiger partial charge in [-0.1, -0.05) is 68.4 Å². The molecule has 2 aromatic carbocycles. The fourth-order valence-corrected chi connectivity index (χ4v) is 6.08. The lowest BCUT2D eigenvalue weighted by molar-refractivity contribution is -0.143. The summed E-state index contributed by atoms with van der Waals surface area (Å²) in [6, 6.07) is 13.6. The summed E-state index contributed by atoms with van der Waals surface area (Å²) in [6.45, 7) is 10.3. The fourth-order valence-electron chi connectivity index (χ4n) is 4.80. The van der Waals surface area contributed by atoms with Crippen LogP contribution in [0.15, 0.2) is 57.9 Å². The number of hydrogen-bond acceptors (Lipinski definition) is 6. The van der Waals surface area contributed by atoms with E-state index in [1.807, 2.05) is 45.0 Å². The minimum absolute atomic E-state index is 0.0576. The van der Waals surface area contributed by atoms with E-state index in [9.17, 15) is 18.0 Å². The van der Waals surface area contributed by atoms with Crippen molar-refractivity contribution in [3.63, 3.8) is 0 Å². The molecular weight excluding hydrogens is 540 g/mol. The molecule has 2 N–H and O–H groups in total. The van der Waals surface area contributed by atoms with Crippen molar-refractivity contribution in [3.8, 4) is 11.1 Å². The minimum Gasteiger partial charge on any atom is -0.359 e. The summed E-state index contributed by atoms with van der Waals surface area (Å²) in [6.07, 6.45) is 3.32. The van der Waals surface area contributed by atoms with Gasteiger partial charge in [0.15, 0.2) is 5.82 Å². The second-order valence-electron chi connectivity index (χ2n) is 11.2. The van der Waals surface area contributed by atoms with Gasteiger partial charge in [0.05, 0.1) is 4.90 Å². The number of nitrogens with zero attached hydrogens (tertiary/aromatic N) is 2. The molecule has 4 rings (SSSR count). The van der Waals surface area contributed by atoms with E-state index in [0.717, 1.165) is 18.4 Å². The monoisotopic (exact) mass is 580 g/mol. The van der Waals surface area contributed by atoms with Gasteiger partial charge in [-0.25, -0.2) is 8.42 Å². The zero-order valence-electron chi connectivity index (χ0n) is 24.4. The first kappa shape index (κ1) is 30.3. The standard InChI is InChI=1S/C31H40N4O5S/c1-6-9-28(36)35(29(20(2)3)31(37)32-18-23-12-13-23)19-24-14-16-25(17-15-24)26-10-7-8-11-27(26)41(38,39)34-30-21(4)22(5)40-33-30/h7-8,10-11,14-17,20,23,29H,6,9,12-13,18-19H2,1-5H3,(H,32,37)(H,33,34)/t29-/m0/s1. The number of aryl methyl sites for hydroxylation is 1. The molecule has 10 heteroatoms. The highest BCUT2D eigenvalue weighted by atomic mass is 32.2. The number of nitrogens with one attached hydrogen (secondary N) is 2. The summed E-state index contributed by atoms with van der Waals surface area (Å²) in [5, 5.41) is 6.89. The lowest BCUT2D eigenvalue weighted by Gasteiger charge is -2.34. The highest BCUT2D eigenvalue weighted by Crippen LogP contribution is 2.31. The summed E-state index contributed by atoms with van der Waals surface area (Å²) >= 11 is 0. The summed E-state index contributed by atoms with van der Waals surface area (Å²) in [7, 11) is -3.96. The quantitative estimate of drug-likeness (QED) is 0.278. The smallest absolute Gasteiger partial charge is 0.263 e. The number of benzene rings is 2. The molecule has 0 saturated heterocycles. The van der Waals surface area contributed by atoms with Crippen LogP contribution in [0.25, 0.3) is 11.1 Å². The SMILES string of the molecule is CCCC(=O)N(Cc1ccc(-c2ccccc2S(=O)(=O)Nc2noc(C)c2C)cc1)[C@H](C(=O)NCC1CC1)C(C)C. The maximum absolute atomic E-state index is 13.3. The molecule has 0 aliphatic heterocycles. The molecule has 0 bridgehead atoms. The van der Waals surface area contributed by atoms with Gasteiger partial charge in [0.1, 0.15) is 11.8 Å². The average molecular weight is 581 g/mol. The third-order valence-electron chi connectivity index (χ3n) is 7.46. The van der Waals surface area contributed by atoms with Gasteiger partial charge in [-0.15, -0.1) is 0 Å². The third kappa shape index (κ3) is 7.35. The predicted octanol–water partition coefficient (Wildman–Crippen LogP) is 5.44. The van der Waals surface area contributed by atoms with Gasteiger partial charge in [0.25, 0.3) is 10.0 Å². The molecule has 220 valence electrons. The summed E-state index contributed by atoms with van der Waals surface area (Å²) in [5.41, 5.74) is 2.71. The zero-order valence-corrected chi connectivity index (χ0v) is 25.3. The lowest BCUT2D eigenvalue weighted by Crippen LogP contribution is -2.52. The van der Waals surface area contributed by atoms with Crippen LogP contribution in [0.3, 0.4) is 0 Å². The first-order chi connectivity index (χ1) is 19.5. The number of carbonyl (C=O) groups excluding carboxylic acids is 2. The highest BCUT2D eigenvalue weighted by molar-refractivity contribution is 7.92. The van der Waals surface area contributed by atoms with Gasteiger partial charge in [-0.05, 0) is 62.1 Å². The lowest BCUT2D eigenvalue weighted by atomic mass is 9.99. The Kier molecular flexibility index (Phi) is 9.53. The number of carbonyl (C=O) groups is 2. The van der Waals surface area contributed by atoms with Crippen molar-refractivity contribution in [1.29, 1.82) is 0 Å². The van der Waals surface area contributed by atoms with Crippen LogP contribution in [0.4, 0.5) is 5.82 Å². The van der Waals surface area contributed by atoms with Crippen molar-refractivity contribution >= 4 is 27.7 Å². The van der Waals surface area contributed by atoms with E-state index in [1.54, 1.807) is 43.0 Å². The first-order valence-electron chi connectivity index (χ1n) is 14.2. The molecule has 1 heterocycles. The van der Waals surface area contributed by atoms with Crippen LogP contribution in [0.2, 0.25) is 0 Å². The maximum Gasteiger partial charge on any atom is 0.263 e. The van der Waals surface area contributed by atoms with Crippen LogP contribution in [0.1, 0.15) is 63.3 Å². The average Bonchev–Trinajstić information content (AvgIpc) is 3.73. The number of sulfonamides is 1. The number of amides is 2. The van der Waals surface area contributed by atoms with E-state index in [1.165, 1.54) is 0 Å². The van der Waals surface area contributed by atoms with Crippen molar-refractivity contribution < 1.29 is 22.5 Å². The number of anilines is 1. The third-order valence-corrected chi connectivity index (χ3v) is 8.86. The molecule has 1 atom stereocenters. The van der Waals surface area contributed by atoms with E-state index in [4.69, 9.17) is 4.52 Å². The molecule has 1 saturated carbocycles. The van der Waals surface area contributed by atoms with Crippen molar-refractivity contribution in [2.45, 2.75) is 77.8 Å². The normalized spacial score (nSPS) is 14.1. The molecule has 0 unspecified atom stereocenters. The highest BCUT2D eigenvalue weighted by Gasteiger charge is 2.33. The van der Waals surface area contributed by atoms with Crippen LogP contribution in [-0.4, -0.2) is 42.9 Å². The van der Waals surface area contributed by atoms with Crippen molar-refractivity contribution in [3.05, 3.63) is 65.4 Å². The van der Waals surface area contributed by atoms with Gasteiger partial charge in [0.2, 0.25) is 11.8 Å². The van der Waals surface area contributed by atoms with Gasteiger partial charge in [0, 0.05) is 30.6 Å². The maximum atomic E-state index is 13.3. The van der Waals surface area contributed by atoms with Crippen LogP contribution >= 0.6 is 0 Å². The van der Waals surface area contributed by atoms with Gasteiger partial charge >= 0.3 is 0 Å². The zero-order chi connectivity index (χ0) is 29.7. The molecule has 9 nitrogen and oxygen atoms in total. The molecule has 2 amide bonds. The van der Waals surface area contributed by atoms with Gasteiger partial charge in [-0.3, -0.25) is 14.3 Å². The van der Waals surface area contributed by atoms with Crippen LogP contribution in [0, 0.1) is 25.7 Å². The minimum atomic E-state index is -3.96. The molecule has 3 aromatic rings. The Labute approximate surface area is 242 Å². The molecule has 1 aromatic heterocycles. The van der Waals surface area contributed by atoms with E-state index in [-0.39, 0.29) is 35.0 Å². The molecule has 1 aliphatic carbocycles. The van der Waals surface area contributed by atoms with Gasteiger partial charge < -0.3 is 14.7 Å². The summed E-state index contributed by atoms with van der Waals surface area (Å²) in [4.78, 5) is 28.2. The van der Waals surface area contributed by atoms with Crippen molar-refractivity contribution in [2.75, 3.05) is 11.3 Å². The number of aromatic nitrogens is 1. The topological polar surface area (TPSA) is 122 Å². The van der Waals surface area contributed by atoms with E-state index < -0.39 is 16.1 Å². The van der Waals surface area contributed by atoms with Crippen molar-refractivity contribution in [2.24, 2.45) is 11.8 Å². The summed E-state index contributed by atoms with van der Waals surface area (Å²) < 4.78 is 34.3. The fraction of sp³-hybridized carbons (Fsp3) is 0.452. The largest absolute Gasteiger partial charge is 0.359 e. The van der Waals surface area contributed by atoms with E-state index in [0.29, 0.717) is 47.8 Å². The molecule has 0 spiro atoms. The summed E-state index contributed by atoms with van der Waals surface area (Å²) in [5.74, 6) is 1.01. The van der Waals surface area contributed by atoms with Crippen LogP contribution in [-0.2, 0) is 26.2 Å². The Bertz CT molecular complexity index is 1480. The molecular formula is C31H40N4O5S. The molecule has 41 heavy (non-hydrogen) atoms. The first-order valence-corrected chi connectivity index (χ1v) is 15.7. The van der Waals surface area contributed by atoms with E-state index >= 15 is 0 Å². The van der Waals surface area contributed by atoms with Gasteiger partial charge in [-0.2, -0.15) is 0 Å². The Hall–Kier alpha value is -3.66. The van der Waals surface area contributed by atoms with Crippen LogP contribution < -0.4 is 10.0 Å². The Balaban J connectivity index is 1.58. The molecule has 1 aliphatic rings. The second-order valence-corrected chi connectivity index (χ2v) is 12.8. The Morgan fingerprint density at radius 2 is 1.76 bits per heavy atom. The Morgan fingerprint density at radius 1 is 1.07 bits per heavy atom. The molecule has 0 radical (unpaired) electrons. The number of hydrogen-bond donors (Lipinski definition) is 2. The Morgan fingerprint density at radius 3 is 2.34 bits per heavy atom. The second kappa shape index (κ2) is 12.9. The number of rotatable bonds is 13. The predicted molar refractivity (Wildman–Crippen MR) is 158 cm³/mol.